The maximum Gasteiger partial charge on any atom is 0.327 e. The molecular formula is C24H28F2N4O3S. The van der Waals surface area contributed by atoms with Gasteiger partial charge < -0.3 is 5.11 Å². The number of rotatable bonds is 6. The lowest BCUT2D eigenvalue weighted by atomic mass is 10.0. The SMILES string of the molecule is Cc1ccc(CN2CC3C(CO)C3C2)cc1-c1ccc2c(n1)N(C)S(=O)(=O)N2CC1CC1(F)F. The molecule has 3 heterocycles. The highest BCUT2D eigenvalue weighted by molar-refractivity contribution is 7.94. The standard InChI is InChI=1S/C24H28F2N4O3S/c1-14-3-4-15(9-29-11-18-19(12-29)20(18)13-31)7-17(14)21-5-6-22-23(27-21)28(2)34(32,33)30(22)10-16-8-24(16,25)26/h3-7,16,18-20,31H,8-13H2,1-2H3. The predicted octanol–water partition coefficient (Wildman–Crippen LogP) is 2.88. The van der Waals surface area contributed by atoms with Crippen molar-refractivity contribution in [2.45, 2.75) is 25.8 Å². The average Bonchev–Trinajstić information content (AvgIpc) is 3.54. The topological polar surface area (TPSA) is 77.0 Å². The molecule has 1 N–H and O–H groups in total. The number of alkyl halides is 2. The molecule has 1 aromatic carbocycles. The first-order valence-corrected chi connectivity index (χ1v) is 13.1. The summed E-state index contributed by atoms with van der Waals surface area (Å²) in [5, 5.41) is 9.38. The molecule has 2 aliphatic carbocycles. The summed E-state index contributed by atoms with van der Waals surface area (Å²) in [6.45, 7) is 4.88. The maximum absolute atomic E-state index is 13.5. The van der Waals surface area contributed by atoms with Crippen molar-refractivity contribution in [2.24, 2.45) is 23.7 Å². The van der Waals surface area contributed by atoms with Crippen LogP contribution in [0.3, 0.4) is 0 Å². The molecule has 6 rings (SSSR count). The number of fused-ring (bicyclic) bond motifs is 2. The Hall–Kier alpha value is -2.30. The lowest BCUT2D eigenvalue weighted by molar-refractivity contribution is 0.101. The van der Waals surface area contributed by atoms with Crippen LogP contribution in [0.2, 0.25) is 0 Å². The van der Waals surface area contributed by atoms with Crippen LogP contribution < -0.4 is 8.61 Å². The van der Waals surface area contributed by atoms with E-state index in [-0.39, 0.29) is 25.4 Å². The normalized spacial score (nSPS) is 30.4. The molecule has 1 aromatic heterocycles. The highest BCUT2D eigenvalue weighted by Gasteiger charge is 2.59. The van der Waals surface area contributed by atoms with Crippen molar-refractivity contribution < 1.29 is 22.3 Å². The van der Waals surface area contributed by atoms with E-state index in [2.05, 4.69) is 28.1 Å². The summed E-state index contributed by atoms with van der Waals surface area (Å²) in [6, 6.07) is 9.70. The molecule has 0 spiro atoms. The molecule has 0 bridgehead atoms. The summed E-state index contributed by atoms with van der Waals surface area (Å²) in [6.07, 6.45) is -0.283. The number of hydrogen-bond donors (Lipinski definition) is 1. The highest BCUT2D eigenvalue weighted by atomic mass is 32.2. The zero-order chi connectivity index (χ0) is 24.0. The molecule has 2 aromatic rings. The van der Waals surface area contributed by atoms with Crippen LogP contribution in [-0.4, -0.2) is 62.6 Å². The van der Waals surface area contributed by atoms with Gasteiger partial charge in [0.2, 0.25) is 0 Å². The first kappa shape index (κ1) is 22.2. The fourth-order valence-corrected chi connectivity index (χ4v) is 7.11. The van der Waals surface area contributed by atoms with Crippen LogP contribution in [0.1, 0.15) is 17.5 Å². The number of halogens is 2. The van der Waals surface area contributed by atoms with Crippen molar-refractivity contribution in [2.75, 3.05) is 41.9 Å². The Kier molecular flexibility index (Phi) is 4.80. The van der Waals surface area contributed by atoms with Gasteiger partial charge in [0.15, 0.2) is 5.82 Å². The van der Waals surface area contributed by atoms with E-state index < -0.39 is 22.0 Å². The Morgan fingerprint density at radius 2 is 1.88 bits per heavy atom. The van der Waals surface area contributed by atoms with Gasteiger partial charge in [0.05, 0.1) is 11.4 Å². The van der Waals surface area contributed by atoms with E-state index in [1.165, 1.54) is 7.05 Å². The van der Waals surface area contributed by atoms with Gasteiger partial charge in [-0.25, -0.2) is 22.4 Å². The van der Waals surface area contributed by atoms with Crippen molar-refractivity contribution in [3.05, 3.63) is 41.5 Å². The van der Waals surface area contributed by atoms with Crippen molar-refractivity contribution in [1.82, 2.24) is 9.88 Å². The molecular weight excluding hydrogens is 462 g/mol. The Labute approximate surface area is 198 Å². The van der Waals surface area contributed by atoms with E-state index in [9.17, 15) is 22.3 Å². The van der Waals surface area contributed by atoms with E-state index in [0.29, 0.717) is 29.1 Å². The average molecular weight is 491 g/mol. The second-order valence-electron chi connectivity index (χ2n) is 10.2. The van der Waals surface area contributed by atoms with Gasteiger partial charge >= 0.3 is 10.2 Å². The van der Waals surface area contributed by atoms with E-state index in [1.807, 2.05) is 6.92 Å². The van der Waals surface area contributed by atoms with Gasteiger partial charge in [-0.2, -0.15) is 8.42 Å². The third-order valence-electron chi connectivity index (χ3n) is 8.03. The highest BCUT2D eigenvalue weighted by Crippen LogP contribution is 2.52. The predicted molar refractivity (Wildman–Crippen MR) is 125 cm³/mol. The lowest BCUT2D eigenvalue weighted by Gasteiger charge is -2.20. The Bertz CT molecular complexity index is 1260. The summed E-state index contributed by atoms with van der Waals surface area (Å²) >= 11 is 0. The molecule has 7 nitrogen and oxygen atoms in total. The van der Waals surface area contributed by atoms with E-state index in [1.54, 1.807) is 12.1 Å². The number of aliphatic hydroxyl groups excluding tert-OH is 1. The summed E-state index contributed by atoms with van der Waals surface area (Å²) in [4.78, 5) is 7.08. The van der Waals surface area contributed by atoms with E-state index in [0.717, 1.165) is 44.9 Å². The van der Waals surface area contributed by atoms with Crippen LogP contribution in [0, 0.1) is 30.6 Å². The van der Waals surface area contributed by atoms with Gasteiger partial charge in [0.25, 0.3) is 5.92 Å². The number of benzene rings is 1. The molecule has 10 heteroatoms. The van der Waals surface area contributed by atoms with Crippen molar-refractivity contribution in [1.29, 1.82) is 0 Å². The van der Waals surface area contributed by atoms with Crippen LogP contribution in [0.15, 0.2) is 30.3 Å². The van der Waals surface area contributed by atoms with Gasteiger partial charge in [-0.05, 0) is 54.0 Å². The molecule has 2 aliphatic heterocycles. The minimum absolute atomic E-state index is 0.239. The molecule has 4 aliphatic rings. The molecule has 3 unspecified atom stereocenters. The van der Waals surface area contributed by atoms with E-state index >= 15 is 0 Å². The lowest BCUT2D eigenvalue weighted by Crippen LogP contribution is -2.37. The fraction of sp³-hybridized carbons (Fsp3) is 0.542. The molecule has 0 radical (unpaired) electrons. The van der Waals surface area contributed by atoms with Crippen LogP contribution >= 0.6 is 0 Å². The van der Waals surface area contributed by atoms with Gasteiger partial charge in [0.1, 0.15) is 0 Å². The third kappa shape index (κ3) is 3.41. The summed E-state index contributed by atoms with van der Waals surface area (Å²) in [5.41, 5.74) is 4.11. The van der Waals surface area contributed by atoms with Crippen LogP contribution in [0.5, 0.6) is 0 Å². The molecule has 3 atom stereocenters. The molecule has 182 valence electrons. The number of hydrogen-bond acceptors (Lipinski definition) is 5. The summed E-state index contributed by atoms with van der Waals surface area (Å²) < 4.78 is 54.9. The van der Waals surface area contributed by atoms with Crippen molar-refractivity contribution in [3.63, 3.8) is 0 Å². The minimum atomic E-state index is -3.92. The number of aliphatic hydroxyl groups is 1. The Balaban J connectivity index is 1.26. The molecule has 2 saturated carbocycles. The number of anilines is 2. The summed E-state index contributed by atoms with van der Waals surface area (Å²) in [7, 11) is -2.51. The number of pyridine rings is 1. The quantitative estimate of drug-likeness (QED) is 0.674. The minimum Gasteiger partial charge on any atom is -0.396 e. The molecule has 3 fully saturated rings. The number of aryl methyl sites for hydroxylation is 1. The van der Waals surface area contributed by atoms with E-state index in [4.69, 9.17) is 0 Å². The van der Waals surface area contributed by atoms with Crippen LogP contribution in [0.4, 0.5) is 20.3 Å². The van der Waals surface area contributed by atoms with Crippen LogP contribution in [-0.2, 0) is 16.8 Å². The molecule has 0 amide bonds. The first-order valence-electron chi connectivity index (χ1n) is 11.7. The second kappa shape index (κ2) is 7.35. The van der Waals surface area contributed by atoms with Crippen molar-refractivity contribution >= 4 is 21.7 Å². The largest absolute Gasteiger partial charge is 0.396 e. The Morgan fingerprint density at radius 3 is 2.53 bits per heavy atom. The first-order chi connectivity index (χ1) is 16.1. The summed E-state index contributed by atoms with van der Waals surface area (Å²) in [5.74, 6) is -1.78. The van der Waals surface area contributed by atoms with Gasteiger partial charge in [0, 0.05) is 57.7 Å². The number of likely N-dealkylation sites (tertiary alicyclic amines) is 1. The van der Waals surface area contributed by atoms with Gasteiger partial charge in [-0.15, -0.1) is 0 Å². The third-order valence-corrected chi connectivity index (χ3v) is 9.80. The van der Waals surface area contributed by atoms with Crippen molar-refractivity contribution in [3.8, 4) is 11.3 Å². The molecule has 1 saturated heterocycles. The fourth-order valence-electron chi connectivity index (χ4n) is 5.70. The number of nitrogens with zero attached hydrogens (tertiary/aromatic N) is 4. The number of aromatic nitrogens is 1. The van der Waals surface area contributed by atoms with Crippen LogP contribution in [0.25, 0.3) is 11.3 Å². The Morgan fingerprint density at radius 1 is 1.18 bits per heavy atom. The second-order valence-corrected chi connectivity index (χ2v) is 12.1. The number of piperidine rings is 1. The molecule has 34 heavy (non-hydrogen) atoms. The zero-order valence-electron chi connectivity index (χ0n) is 19.2. The van der Waals surface area contributed by atoms with Gasteiger partial charge in [-0.1, -0.05) is 12.1 Å². The smallest absolute Gasteiger partial charge is 0.327 e. The monoisotopic (exact) mass is 490 g/mol. The maximum atomic E-state index is 13.5. The van der Waals surface area contributed by atoms with Gasteiger partial charge in [-0.3, -0.25) is 4.90 Å². The zero-order valence-corrected chi connectivity index (χ0v) is 20.0.